The van der Waals surface area contributed by atoms with Crippen molar-refractivity contribution in [2.75, 3.05) is 4.43 Å². The van der Waals surface area contributed by atoms with Crippen molar-refractivity contribution in [1.29, 1.82) is 0 Å². The lowest BCUT2D eigenvalue weighted by Gasteiger charge is -2.38. The van der Waals surface area contributed by atoms with Crippen molar-refractivity contribution in [3.63, 3.8) is 0 Å². The monoisotopic (exact) mass is 423 g/mol. The topological polar surface area (TPSA) is 22.1 Å². The summed E-state index contributed by atoms with van der Waals surface area (Å²) in [6.45, 7) is 13.5. The van der Waals surface area contributed by atoms with Crippen LogP contribution in [0.3, 0.4) is 0 Å². The Hall–Kier alpha value is 0.277. The SMILES string of the molecule is Cc1nc(C=C[C@H](CCI)O[Si](C)(C)C(C)(C)C)cs1. The van der Waals surface area contributed by atoms with Crippen molar-refractivity contribution in [3.05, 3.63) is 22.2 Å². The van der Waals surface area contributed by atoms with Gasteiger partial charge in [-0.25, -0.2) is 4.98 Å². The van der Waals surface area contributed by atoms with Crippen LogP contribution in [0.1, 0.15) is 37.9 Å². The molecule has 114 valence electrons. The smallest absolute Gasteiger partial charge is 0.192 e. The molecule has 0 bridgehead atoms. The maximum absolute atomic E-state index is 6.49. The minimum absolute atomic E-state index is 0.204. The lowest BCUT2D eigenvalue weighted by Crippen LogP contribution is -2.43. The van der Waals surface area contributed by atoms with Gasteiger partial charge in [0.05, 0.1) is 16.8 Å². The molecule has 1 rings (SSSR count). The van der Waals surface area contributed by atoms with Crippen LogP contribution in [0.15, 0.2) is 11.5 Å². The lowest BCUT2D eigenvalue weighted by molar-refractivity contribution is 0.223. The standard InChI is InChI=1S/C15H26INOSSi/c1-12-17-13(11-19-12)7-8-14(9-10-16)18-20(5,6)15(2,3)4/h7-8,11,14H,9-10H2,1-6H3/t14-/m1/s1. The van der Waals surface area contributed by atoms with Gasteiger partial charge in [0.15, 0.2) is 8.32 Å². The van der Waals surface area contributed by atoms with E-state index in [-0.39, 0.29) is 11.1 Å². The van der Waals surface area contributed by atoms with Gasteiger partial charge in [-0.3, -0.25) is 0 Å². The van der Waals surface area contributed by atoms with E-state index < -0.39 is 8.32 Å². The summed E-state index contributed by atoms with van der Waals surface area (Å²) in [7, 11) is -1.71. The van der Waals surface area contributed by atoms with Gasteiger partial charge >= 0.3 is 0 Å². The zero-order valence-electron chi connectivity index (χ0n) is 13.4. The van der Waals surface area contributed by atoms with Gasteiger partial charge in [0, 0.05) is 9.81 Å². The molecular weight excluding hydrogens is 397 g/mol. The van der Waals surface area contributed by atoms with Gasteiger partial charge in [-0.15, -0.1) is 11.3 Å². The van der Waals surface area contributed by atoms with E-state index in [0.717, 1.165) is 21.5 Å². The fourth-order valence-electron chi connectivity index (χ4n) is 1.52. The maximum atomic E-state index is 6.49. The maximum Gasteiger partial charge on any atom is 0.192 e. The number of aromatic nitrogens is 1. The number of rotatable bonds is 6. The van der Waals surface area contributed by atoms with Crippen LogP contribution in [0, 0.1) is 6.92 Å². The molecule has 0 aliphatic heterocycles. The van der Waals surface area contributed by atoms with Crippen molar-refractivity contribution in [2.45, 2.75) is 58.4 Å². The molecule has 1 atom stereocenters. The van der Waals surface area contributed by atoms with Crippen LogP contribution in [0.2, 0.25) is 18.1 Å². The third-order valence-electron chi connectivity index (χ3n) is 3.76. The second-order valence-corrected chi connectivity index (χ2v) is 13.4. The van der Waals surface area contributed by atoms with E-state index in [4.69, 9.17) is 4.43 Å². The first-order valence-corrected chi connectivity index (χ1v) is 12.3. The Morgan fingerprint density at radius 2 is 2.10 bits per heavy atom. The summed E-state index contributed by atoms with van der Waals surface area (Å²) < 4.78 is 7.60. The minimum atomic E-state index is -1.71. The Balaban J connectivity index is 2.77. The molecule has 0 saturated heterocycles. The highest BCUT2D eigenvalue weighted by molar-refractivity contribution is 14.1. The molecule has 0 spiro atoms. The summed E-state index contributed by atoms with van der Waals surface area (Å²) in [5, 5.41) is 3.46. The first kappa shape index (κ1) is 18.3. The summed E-state index contributed by atoms with van der Waals surface area (Å²) in [4.78, 5) is 4.47. The minimum Gasteiger partial charge on any atom is -0.411 e. The normalized spacial score (nSPS) is 14.9. The highest BCUT2D eigenvalue weighted by atomic mass is 127. The van der Waals surface area contributed by atoms with Gasteiger partial charge in [-0.1, -0.05) is 49.4 Å². The van der Waals surface area contributed by atoms with E-state index >= 15 is 0 Å². The van der Waals surface area contributed by atoms with E-state index in [0.29, 0.717) is 0 Å². The van der Waals surface area contributed by atoms with Gasteiger partial charge < -0.3 is 4.43 Å². The molecule has 5 heteroatoms. The molecule has 0 aliphatic rings. The number of aryl methyl sites for hydroxylation is 1. The van der Waals surface area contributed by atoms with Gasteiger partial charge in [-0.2, -0.15) is 0 Å². The first-order valence-electron chi connectivity index (χ1n) is 7.00. The second-order valence-electron chi connectivity index (χ2n) is 6.54. The van der Waals surface area contributed by atoms with E-state index in [1.165, 1.54) is 0 Å². The van der Waals surface area contributed by atoms with E-state index in [9.17, 15) is 0 Å². The third kappa shape index (κ3) is 5.58. The molecule has 1 aromatic heterocycles. The van der Waals surface area contributed by atoms with Crippen molar-refractivity contribution in [1.82, 2.24) is 4.98 Å². The summed E-state index contributed by atoms with van der Waals surface area (Å²) >= 11 is 4.11. The second kappa shape index (κ2) is 7.51. The van der Waals surface area contributed by atoms with Gasteiger partial charge in [-0.05, 0) is 37.6 Å². The van der Waals surface area contributed by atoms with Crippen molar-refractivity contribution in [3.8, 4) is 0 Å². The van der Waals surface area contributed by atoms with Crippen LogP contribution in [0.4, 0.5) is 0 Å². The molecule has 2 nitrogen and oxygen atoms in total. The quantitative estimate of drug-likeness (QED) is 0.334. The van der Waals surface area contributed by atoms with Crippen molar-refractivity contribution >= 4 is 48.3 Å². The van der Waals surface area contributed by atoms with Gasteiger partial charge in [0.25, 0.3) is 0 Å². The van der Waals surface area contributed by atoms with Crippen LogP contribution in [0.5, 0.6) is 0 Å². The molecule has 0 fully saturated rings. The fraction of sp³-hybridized carbons (Fsp3) is 0.667. The Bertz CT molecular complexity index is 451. The number of alkyl halides is 1. The van der Waals surface area contributed by atoms with E-state index in [2.05, 4.69) is 79.0 Å². The van der Waals surface area contributed by atoms with Crippen LogP contribution in [0.25, 0.3) is 6.08 Å². The molecule has 0 radical (unpaired) electrons. The van der Waals surface area contributed by atoms with Crippen LogP contribution in [-0.2, 0) is 4.43 Å². The number of hydrogen-bond donors (Lipinski definition) is 0. The Morgan fingerprint density at radius 3 is 2.55 bits per heavy atom. The van der Waals surface area contributed by atoms with Gasteiger partial charge in [0.1, 0.15) is 0 Å². The number of hydrogen-bond acceptors (Lipinski definition) is 3. The molecule has 0 saturated carbocycles. The molecule has 1 heterocycles. The third-order valence-corrected chi connectivity index (χ3v) is 9.68. The average Bonchev–Trinajstić information content (AvgIpc) is 2.70. The lowest BCUT2D eigenvalue weighted by atomic mass is 10.2. The summed E-state index contributed by atoms with van der Waals surface area (Å²) in [5.41, 5.74) is 1.05. The molecule has 1 aromatic rings. The Kier molecular flexibility index (Phi) is 6.88. The predicted octanol–water partition coefficient (Wildman–Crippen LogP) is 5.68. The molecular formula is C15H26INOSSi. The first-order chi connectivity index (χ1) is 9.15. The Labute approximate surface area is 142 Å². The highest BCUT2D eigenvalue weighted by Gasteiger charge is 2.38. The van der Waals surface area contributed by atoms with Crippen molar-refractivity contribution < 1.29 is 4.43 Å². The molecule has 0 aromatic carbocycles. The van der Waals surface area contributed by atoms with Crippen LogP contribution >= 0.6 is 33.9 Å². The van der Waals surface area contributed by atoms with Gasteiger partial charge in [0.2, 0.25) is 0 Å². The summed E-state index contributed by atoms with van der Waals surface area (Å²) in [5.74, 6) is 0. The van der Waals surface area contributed by atoms with Crippen molar-refractivity contribution in [2.24, 2.45) is 0 Å². The van der Waals surface area contributed by atoms with Crippen LogP contribution in [-0.4, -0.2) is 23.8 Å². The largest absolute Gasteiger partial charge is 0.411 e. The fourth-order valence-corrected chi connectivity index (χ4v) is 4.02. The summed E-state index contributed by atoms with van der Waals surface area (Å²) in [6, 6.07) is 0. The zero-order chi connectivity index (χ0) is 15.4. The zero-order valence-corrected chi connectivity index (χ0v) is 17.3. The number of halogens is 1. The van der Waals surface area contributed by atoms with E-state index in [1.807, 2.05) is 6.92 Å². The highest BCUT2D eigenvalue weighted by Crippen LogP contribution is 2.37. The predicted molar refractivity (Wildman–Crippen MR) is 101 cm³/mol. The molecule has 0 aliphatic carbocycles. The molecule has 0 unspecified atom stereocenters. The Morgan fingerprint density at radius 1 is 1.45 bits per heavy atom. The average molecular weight is 423 g/mol. The summed E-state index contributed by atoms with van der Waals surface area (Å²) in [6.07, 6.45) is 5.56. The number of nitrogens with zero attached hydrogens (tertiary/aromatic N) is 1. The molecule has 20 heavy (non-hydrogen) atoms. The number of thiazole rings is 1. The molecule has 0 amide bonds. The van der Waals surface area contributed by atoms with Crippen LogP contribution < -0.4 is 0 Å². The van der Waals surface area contributed by atoms with E-state index in [1.54, 1.807) is 11.3 Å². The molecule has 0 N–H and O–H groups in total.